The van der Waals surface area contributed by atoms with Crippen LogP contribution in [0, 0.1) is 0 Å². The van der Waals surface area contributed by atoms with Gasteiger partial charge in [-0.15, -0.1) is 0 Å². The Balaban J connectivity index is 2.03. The molecule has 1 unspecified atom stereocenters. The number of β-amino-alcohol motifs (C(OH)–C–C–N with tert-alkyl or cyclic N) is 1. The summed E-state index contributed by atoms with van der Waals surface area (Å²) in [6, 6.07) is 12.9. The lowest BCUT2D eigenvalue weighted by Crippen LogP contribution is -2.29. The summed E-state index contributed by atoms with van der Waals surface area (Å²) in [5.74, 6) is 0.594. The number of halogens is 2. The Hall–Kier alpha value is -1.89. The Kier molecular flexibility index (Phi) is 4.27. The highest BCUT2D eigenvalue weighted by Crippen LogP contribution is 2.31. The fourth-order valence-corrected chi connectivity index (χ4v) is 3.85. The van der Waals surface area contributed by atoms with Gasteiger partial charge < -0.3 is 10.0 Å². The van der Waals surface area contributed by atoms with Gasteiger partial charge in [0, 0.05) is 28.0 Å². The molecule has 0 aliphatic carbocycles. The van der Waals surface area contributed by atoms with Gasteiger partial charge in [-0.3, -0.25) is 4.57 Å². The molecule has 5 nitrogen and oxygen atoms in total. The third-order valence-electron chi connectivity index (χ3n) is 4.39. The Morgan fingerprint density at radius 2 is 2.04 bits per heavy atom. The van der Waals surface area contributed by atoms with Crippen molar-refractivity contribution in [3.05, 3.63) is 62.4 Å². The molecular weight excluding hydrogens is 406 g/mol. The van der Waals surface area contributed by atoms with Gasteiger partial charge in [0.2, 0.25) is 0 Å². The van der Waals surface area contributed by atoms with E-state index in [9.17, 15) is 9.90 Å². The summed E-state index contributed by atoms with van der Waals surface area (Å²) in [6.45, 7) is 1.15. The summed E-state index contributed by atoms with van der Waals surface area (Å²) < 4.78 is 2.35. The Bertz CT molecular complexity index is 1020. The predicted molar refractivity (Wildman–Crippen MR) is 103 cm³/mol. The molecule has 4 rings (SSSR count). The van der Waals surface area contributed by atoms with Crippen molar-refractivity contribution < 1.29 is 5.11 Å². The van der Waals surface area contributed by atoms with Crippen LogP contribution >= 0.6 is 27.5 Å². The van der Waals surface area contributed by atoms with Crippen LogP contribution < -0.4 is 10.6 Å². The van der Waals surface area contributed by atoms with Gasteiger partial charge in [-0.25, -0.2) is 4.79 Å². The highest BCUT2D eigenvalue weighted by molar-refractivity contribution is 9.10. The molecular formula is C18H15BrClN3O2. The topological polar surface area (TPSA) is 58.4 Å². The largest absolute Gasteiger partial charge is 0.391 e. The number of benzene rings is 2. The first kappa shape index (κ1) is 16.6. The van der Waals surface area contributed by atoms with Crippen molar-refractivity contribution >= 4 is 44.3 Å². The second kappa shape index (κ2) is 6.44. The summed E-state index contributed by atoms with van der Waals surface area (Å²) in [6.07, 6.45) is 0.277. The van der Waals surface area contributed by atoms with Gasteiger partial charge in [0.05, 0.1) is 17.3 Å². The second-order valence-electron chi connectivity index (χ2n) is 6.05. The minimum atomic E-state index is -0.394. The molecule has 2 heterocycles. The smallest absolute Gasteiger partial charge is 0.354 e. The maximum Gasteiger partial charge on any atom is 0.354 e. The monoisotopic (exact) mass is 419 g/mol. The summed E-state index contributed by atoms with van der Waals surface area (Å²) >= 11 is 9.70. The predicted octanol–water partition coefficient (Wildman–Crippen LogP) is 3.37. The van der Waals surface area contributed by atoms with E-state index in [0.29, 0.717) is 41.6 Å². The van der Waals surface area contributed by atoms with E-state index in [-0.39, 0.29) is 5.69 Å². The van der Waals surface area contributed by atoms with Crippen LogP contribution in [0.1, 0.15) is 6.42 Å². The third kappa shape index (κ3) is 2.94. The number of anilines is 1. The molecule has 0 bridgehead atoms. The van der Waals surface area contributed by atoms with Crippen LogP contribution in [0.4, 0.5) is 5.82 Å². The second-order valence-corrected chi connectivity index (χ2v) is 7.35. The van der Waals surface area contributed by atoms with Crippen LogP contribution in [0.25, 0.3) is 16.6 Å². The molecule has 1 aliphatic rings. The van der Waals surface area contributed by atoms with Crippen LogP contribution in [-0.2, 0) is 0 Å². The van der Waals surface area contributed by atoms with E-state index < -0.39 is 6.10 Å². The maximum atomic E-state index is 12.9. The molecule has 1 N–H and O–H groups in total. The molecule has 25 heavy (non-hydrogen) atoms. The zero-order valence-electron chi connectivity index (χ0n) is 13.2. The van der Waals surface area contributed by atoms with Gasteiger partial charge in [0.1, 0.15) is 5.82 Å². The number of nitrogens with zero attached hydrogens (tertiary/aromatic N) is 3. The van der Waals surface area contributed by atoms with Crippen molar-refractivity contribution in [2.75, 3.05) is 18.0 Å². The van der Waals surface area contributed by atoms with E-state index in [1.807, 2.05) is 35.2 Å². The van der Waals surface area contributed by atoms with E-state index in [4.69, 9.17) is 11.6 Å². The highest BCUT2D eigenvalue weighted by Gasteiger charge is 2.25. The molecule has 0 amide bonds. The van der Waals surface area contributed by atoms with Gasteiger partial charge >= 0.3 is 5.69 Å². The molecule has 3 aromatic rings. The first-order valence-corrected chi connectivity index (χ1v) is 9.12. The number of aliphatic hydroxyl groups excluding tert-OH is 1. The van der Waals surface area contributed by atoms with E-state index in [1.54, 1.807) is 16.7 Å². The third-order valence-corrected chi connectivity index (χ3v) is 5.30. The summed E-state index contributed by atoms with van der Waals surface area (Å²) in [7, 11) is 0. The van der Waals surface area contributed by atoms with E-state index in [0.717, 1.165) is 9.86 Å². The lowest BCUT2D eigenvalue weighted by Gasteiger charge is -2.20. The molecule has 0 spiro atoms. The van der Waals surface area contributed by atoms with Crippen LogP contribution in [0.5, 0.6) is 0 Å². The Morgan fingerprint density at radius 3 is 2.76 bits per heavy atom. The molecule has 128 valence electrons. The van der Waals surface area contributed by atoms with Gasteiger partial charge in [-0.1, -0.05) is 23.7 Å². The molecule has 1 fully saturated rings. The van der Waals surface area contributed by atoms with Crippen LogP contribution in [0.15, 0.2) is 51.7 Å². The molecule has 1 aliphatic heterocycles. The first-order valence-electron chi connectivity index (χ1n) is 7.95. The van der Waals surface area contributed by atoms with Gasteiger partial charge in [-0.05, 0) is 52.7 Å². The number of fused-ring (bicyclic) bond motifs is 1. The summed E-state index contributed by atoms with van der Waals surface area (Å²) in [5, 5.41) is 11.2. The molecule has 1 aromatic heterocycles. The van der Waals surface area contributed by atoms with Gasteiger partial charge in [0.15, 0.2) is 0 Å². The van der Waals surface area contributed by atoms with Gasteiger partial charge in [0.25, 0.3) is 0 Å². The van der Waals surface area contributed by atoms with Crippen molar-refractivity contribution in [1.82, 2.24) is 9.55 Å². The number of aliphatic hydroxyl groups is 1. The molecule has 0 saturated carbocycles. The number of rotatable bonds is 2. The van der Waals surface area contributed by atoms with Crippen LogP contribution in [0.3, 0.4) is 0 Å². The SMILES string of the molecule is O=c1nc(N2CCC(O)C2)c2ccc(Cl)cc2n1-c1ccccc1Br. The van der Waals surface area contributed by atoms with E-state index >= 15 is 0 Å². The average Bonchev–Trinajstić information content (AvgIpc) is 3.01. The van der Waals surface area contributed by atoms with E-state index in [2.05, 4.69) is 20.9 Å². The van der Waals surface area contributed by atoms with Crippen LogP contribution in [-0.4, -0.2) is 33.9 Å². The van der Waals surface area contributed by atoms with Crippen molar-refractivity contribution in [3.8, 4) is 5.69 Å². The number of hydrogen-bond acceptors (Lipinski definition) is 4. The lowest BCUT2D eigenvalue weighted by molar-refractivity contribution is 0.198. The van der Waals surface area contributed by atoms with Crippen molar-refractivity contribution in [3.63, 3.8) is 0 Å². The number of hydrogen-bond donors (Lipinski definition) is 1. The standard InChI is InChI=1S/C18H15BrClN3O2/c19-14-3-1-2-4-15(14)23-16-9-11(20)5-6-13(16)17(21-18(23)25)22-8-7-12(24)10-22/h1-6,9,12,24H,7-8,10H2. The molecule has 0 radical (unpaired) electrons. The Labute approximate surface area is 157 Å². The summed E-state index contributed by atoms with van der Waals surface area (Å²) in [4.78, 5) is 19.1. The van der Waals surface area contributed by atoms with Gasteiger partial charge in [-0.2, -0.15) is 4.98 Å². The first-order chi connectivity index (χ1) is 12.0. The lowest BCUT2D eigenvalue weighted by atomic mass is 10.2. The quantitative estimate of drug-likeness (QED) is 0.690. The zero-order chi connectivity index (χ0) is 17.6. The molecule has 1 saturated heterocycles. The molecule has 7 heteroatoms. The van der Waals surface area contributed by atoms with Crippen LogP contribution in [0.2, 0.25) is 5.02 Å². The maximum absolute atomic E-state index is 12.9. The number of aromatic nitrogens is 2. The fraction of sp³-hybridized carbons (Fsp3) is 0.222. The van der Waals surface area contributed by atoms with Crippen molar-refractivity contribution in [2.45, 2.75) is 12.5 Å². The molecule has 2 aromatic carbocycles. The minimum Gasteiger partial charge on any atom is -0.391 e. The van der Waals surface area contributed by atoms with E-state index in [1.165, 1.54) is 0 Å². The van der Waals surface area contributed by atoms with Crippen molar-refractivity contribution in [2.24, 2.45) is 0 Å². The Morgan fingerprint density at radius 1 is 1.24 bits per heavy atom. The van der Waals surface area contributed by atoms with Crippen molar-refractivity contribution in [1.29, 1.82) is 0 Å². The highest BCUT2D eigenvalue weighted by atomic mass is 79.9. The molecule has 1 atom stereocenters. The minimum absolute atomic E-state index is 0.377. The normalized spacial score (nSPS) is 17.4. The summed E-state index contributed by atoms with van der Waals surface area (Å²) in [5.41, 5.74) is 1.02. The zero-order valence-corrected chi connectivity index (χ0v) is 15.5. The number of para-hydroxylation sites is 1. The average molecular weight is 421 g/mol. The fourth-order valence-electron chi connectivity index (χ4n) is 3.22.